The van der Waals surface area contributed by atoms with E-state index in [2.05, 4.69) is 19.9 Å². The number of aliphatic hydroxyl groups is 2. The van der Waals surface area contributed by atoms with Gasteiger partial charge in [-0.25, -0.2) is 19.7 Å². The number of nitrogens with two attached hydrogens (primary N) is 1. The highest BCUT2D eigenvalue weighted by atomic mass is 31.1. The average molecular weight is 539 g/mol. The van der Waals surface area contributed by atoms with Crippen LogP contribution in [0.3, 0.4) is 0 Å². The van der Waals surface area contributed by atoms with Gasteiger partial charge in [0.15, 0.2) is 11.5 Å². The Bertz CT molecular complexity index is 1430. The summed E-state index contributed by atoms with van der Waals surface area (Å²) in [5.41, 5.74) is 5.79. The van der Waals surface area contributed by atoms with Gasteiger partial charge in [-0.1, -0.05) is 0 Å². The number of nitrogens with one attached hydrogen (secondary N) is 1. The van der Waals surface area contributed by atoms with Crippen molar-refractivity contribution in [3.05, 3.63) is 45.3 Å². The third-order valence-corrected chi connectivity index (χ3v) is 7.23. The number of aromatic amines is 1. The summed E-state index contributed by atoms with van der Waals surface area (Å²) in [5, 5.41) is 20.1. The van der Waals surface area contributed by atoms with E-state index in [0.717, 1.165) is 0 Å². The smallest absolute Gasteiger partial charge is 0.330 e. The van der Waals surface area contributed by atoms with E-state index in [1.165, 1.54) is 30.3 Å². The highest BCUT2D eigenvalue weighted by Crippen LogP contribution is 2.38. The van der Waals surface area contributed by atoms with Crippen molar-refractivity contribution in [2.45, 2.75) is 56.6 Å². The predicted octanol–water partition coefficient (Wildman–Crippen LogP) is -1.01. The van der Waals surface area contributed by atoms with Gasteiger partial charge in [0, 0.05) is 24.6 Å². The Labute approximate surface area is 208 Å². The molecule has 5 heterocycles. The van der Waals surface area contributed by atoms with Crippen LogP contribution < -0.4 is 17.0 Å². The largest absolute Gasteiger partial charge is 0.394 e. The number of H-pyrrole nitrogens is 1. The van der Waals surface area contributed by atoms with Crippen LogP contribution in [0.1, 0.15) is 30.9 Å². The zero-order valence-electron chi connectivity index (χ0n) is 19.6. The second-order valence-corrected chi connectivity index (χ2v) is 9.78. The number of fused-ring (bicyclic) bond motifs is 1. The fourth-order valence-corrected chi connectivity index (χ4v) is 5.25. The fraction of sp³-hybridized carbons (Fsp3) is 0.550. The van der Waals surface area contributed by atoms with Gasteiger partial charge >= 0.3 is 13.9 Å². The predicted molar refractivity (Wildman–Crippen MR) is 126 cm³/mol. The standard InChI is InChI=1S/C20H26N7O9P/c1-9-4-26(20(31)25-19(9)30)15-3-11(12(5-28)34-15)36-37(32)33-6-13-10(29)2-14(35-13)27-8-24-16-17(21)22-7-23-18(16)27/h4,7-8,10-15,28-29,37H,2-3,5-6H2,1H3,(H2,21,22,23)(H,25,30,31)/t10-,11-,12-,13-,14-,15-/m1/s1. The number of aliphatic hydroxyl groups excluding tert-OH is 2. The van der Waals surface area contributed by atoms with E-state index in [9.17, 15) is 24.4 Å². The highest BCUT2D eigenvalue weighted by molar-refractivity contribution is 7.33. The Hall–Kier alpha value is -2.98. The van der Waals surface area contributed by atoms with Gasteiger partial charge in [0.05, 0.1) is 31.7 Å². The Kier molecular flexibility index (Phi) is 7.22. The average Bonchev–Trinajstić information content (AvgIpc) is 3.57. The summed E-state index contributed by atoms with van der Waals surface area (Å²) in [5.74, 6) is 0.220. The molecule has 2 aliphatic heterocycles. The number of rotatable bonds is 8. The number of hydrogen-bond donors (Lipinski definition) is 4. The molecule has 0 aromatic carbocycles. The number of anilines is 1. The molecule has 5 rings (SSSR count). The third-order valence-electron chi connectivity index (χ3n) is 6.33. The van der Waals surface area contributed by atoms with E-state index in [-0.39, 0.29) is 25.3 Å². The van der Waals surface area contributed by atoms with Crippen LogP contribution in [-0.2, 0) is 23.1 Å². The number of nitrogens with zero attached hydrogens (tertiary/aromatic N) is 5. The molecule has 5 N–H and O–H groups in total. The number of aromatic nitrogens is 6. The van der Waals surface area contributed by atoms with E-state index in [1.54, 1.807) is 4.57 Å². The lowest BCUT2D eigenvalue weighted by Gasteiger charge is -2.18. The van der Waals surface area contributed by atoms with Crippen molar-refractivity contribution in [3.63, 3.8) is 0 Å². The Morgan fingerprint density at radius 1 is 1.19 bits per heavy atom. The molecule has 0 amide bonds. The van der Waals surface area contributed by atoms with Crippen molar-refractivity contribution in [1.82, 2.24) is 29.1 Å². The van der Waals surface area contributed by atoms with Gasteiger partial charge in [-0.2, -0.15) is 0 Å². The van der Waals surface area contributed by atoms with Gasteiger partial charge in [-0.05, 0) is 6.92 Å². The first kappa shape index (κ1) is 25.7. The van der Waals surface area contributed by atoms with E-state index in [1.807, 2.05) is 0 Å². The maximum absolute atomic E-state index is 12.6. The van der Waals surface area contributed by atoms with Gasteiger partial charge in [0.25, 0.3) is 5.56 Å². The quantitative estimate of drug-likeness (QED) is 0.252. The minimum Gasteiger partial charge on any atom is -0.394 e. The summed E-state index contributed by atoms with van der Waals surface area (Å²) >= 11 is 0. The second-order valence-electron chi connectivity index (χ2n) is 8.76. The van der Waals surface area contributed by atoms with Crippen LogP contribution in [0.15, 0.2) is 28.4 Å². The molecular weight excluding hydrogens is 513 g/mol. The molecular formula is C20H26N7O9P. The number of ether oxygens (including phenoxy) is 2. The number of aryl methyl sites for hydroxylation is 1. The minimum atomic E-state index is -3.10. The summed E-state index contributed by atoms with van der Waals surface area (Å²) < 4.78 is 37.7. The SMILES string of the molecule is Cc1cn([C@H]2C[C@@H](O[PH](=O)OC[C@H]3O[C@@H](n4cnc5c(N)ncnc54)C[C@H]3O)[C@@H](CO)O2)c(=O)[nH]c1=O. The Morgan fingerprint density at radius 3 is 2.73 bits per heavy atom. The lowest BCUT2D eigenvalue weighted by atomic mass is 10.2. The molecule has 2 aliphatic rings. The van der Waals surface area contributed by atoms with Crippen LogP contribution in [0, 0.1) is 6.92 Å². The van der Waals surface area contributed by atoms with Gasteiger partial charge in [0.2, 0.25) is 0 Å². The molecule has 3 aromatic heterocycles. The summed E-state index contributed by atoms with van der Waals surface area (Å²) in [4.78, 5) is 38.2. The molecule has 2 fully saturated rings. The summed E-state index contributed by atoms with van der Waals surface area (Å²) in [6, 6.07) is 0. The normalized spacial score (nSPS) is 28.7. The van der Waals surface area contributed by atoms with Gasteiger partial charge in [-0.3, -0.25) is 23.5 Å². The monoisotopic (exact) mass is 539 g/mol. The summed E-state index contributed by atoms with van der Waals surface area (Å²) in [6.45, 7) is 0.862. The first-order valence-electron chi connectivity index (χ1n) is 11.4. The van der Waals surface area contributed by atoms with Crippen molar-refractivity contribution in [3.8, 4) is 0 Å². The van der Waals surface area contributed by atoms with Crippen molar-refractivity contribution in [2.24, 2.45) is 0 Å². The van der Waals surface area contributed by atoms with Crippen molar-refractivity contribution in [1.29, 1.82) is 0 Å². The summed E-state index contributed by atoms with van der Waals surface area (Å²) in [6.07, 6.45) is -0.450. The molecule has 0 radical (unpaired) electrons. The first-order valence-corrected chi connectivity index (χ1v) is 12.7. The number of nitrogen functional groups attached to an aromatic ring is 1. The van der Waals surface area contributed by atoms with E-state index in [0.29, 0.717) is 16.7 Å². The van der Waals surface area contributed by atoms with E-state index < -0.39 is 63.0 Å². The zero-order valence-corrected chi connectivity index (χ0v) is 20.6. The molecule has 37 heavy (non-hydrogen) atoms. The van der Waals surface area contributed by atoms with Crippen LogP contribution in [-0.4, -0.2) is 76.9 Å². The Morgan fingerprint density at radius 2 is 1.95 bits per heavy atom. The van der Waals surface area contributed by atoms with E-state index in [4.69, 9.17) is 24.3 Å². The maximum Gasteiger partial charge on any atom is 0.330 e. The second kappa shape index (κ2) is 10.4. The van der Waals surface area contributed by atoms with Crippen LogP contribution >= 0.6 is 8.25 Å². The van der Waals surface area contributed by atoms with Crippen LogP contribution in [0.25, 0.3) is 11.2 Å². The van der Waals surface area contributed by atoms with E-state index >= 15 is 0 Å². The lowest BCUT2D eigenvalue weighted by molar-refractivity contribution is -0.0492. The van der Waals surface area contributed by atoms with Crippen LogP contribution in [0.5, 0.6) is 0 Å². The molecule has 3 aromatic rings. The molecule has 7 atom stereocenters. The molecule has 0 aliphatic carbocycles. The highest BCUT2D eigenvalue weighted by Gasteiger charge is 2.40. The third kappa shape index (κ3) is 5.09. The molecule has 16 nitrogen and oxygen atoms in total. The first-order chi connectivity index (χ1) is 17.7. The molecule has 0 bridgehead atoms. The van der Waals surface area contributed by atoms with Crippen LogP contribution in [0.2, 0.25) is 0 Å². The molecule has 0 saturated carbocycles. The number of hydrogen-bond acceptors (Lipinski definition) is 13. The van der Waals surface area contributed by atoms with Crippen molar-refractivity contribution >= 4 is 25.2 Å². The van der Waals surface area contributed by atoms with Crippen LogP contribution in [0.4, 0.5) is 5.82 Å². The molecule has 1 unspecified atom stereocenters. The van der Waals surface area contributed by atoms with Gasteiger partial charge in [-0.15, -0.1) is 0 Å². The lowest BCUT2D eigenvalue weighted by Crippen LogP contribution is -2.33. The van der Waals surface area contributed by atoms with Gasteiger partial charge in [0.1, 0.15) is 36.5 Å². The number of imidazole rings is 1. The van der Waals surface area contributed by atoms with Crippen molar-refractivity contribution in [2.75, 3.05) is 18.9 Å². The summed E-state index contributed by atoms with van der Waals surface area (Å²) in [7, 11) is -3.10. The fourth-order valence-electron chi connectivity index (χ4n) is 4.38. The minimum absolute atomic E-state index is 0.0830. The van der Waals surface area contributed by atoms with Crippen molar-refractivity contribution < 1.29 is 33.3 Å². The maximum atomic E-state index is 12.6. The zero-order chi connectivity index (χ0) is 26.3. The molecule has 17 heteroatoms. The Balaban J connectivity index is 1.18. The van der Waals surface area contributed by atoms with Gasteiger partial charge < -0.3 is 34.5 Å². The molecule has 200 valence electrons. The topological polar surface area (TPSA) is 219 Å². The molecule has 0 spiro atoms. The molecule has 2 saturated heterocycles.